The predicted octanol–water partition coefficient (Wildman–Crippen LogP) is -3.55. The maximum atomic E-state index is 12.3. The number of hydrogen-bond donors (Lipinski definition) is 8. The van der Waals surface area contributed by atoms with Gasteiger partial charge in [-0.15, -0.1) is 0 Å². The third-order valence-electron chi connectivity index (χ3n) is 5.55. The van der Waals surface area contributed by atoms with Crippen LogP contribution in [-0.2, 0) is 32.0 Å². The van der Waals surface area contributed by atoms with Crippen LogP contribution in [-0.4, -0.2) is 95.8 Å². The number of phosphoric ester groups is 2. The van der Waals surface area contributed by atoms with Crippen LogP contribution in [0.25, 0.3) is 0 Å². The third-order valence-corrected chi connectivity index (χ3v) is 8.15. The van der Waals surface area contributed by atoms with Crippen molar-refractivity contribution in [3.05, 3.63) is 33.1 Å². The second kappa shape index (κ2) is 11.2. The summed E-state index contributed by atoms with van der Waals surface area (Å²) in [6.07, 6.45) is -11.2. The lowest BCUT2D eigenvalue weighted by Crippen LogP contribution is -2.56. The first-order valence-electron chi connectivity index (χ1n) is 10.4. The molecule has 0 aliphatic carbocycles. The van der Waals surface area contributed by atoms with Gasteiger partial charge in [0.05, 0.1) is 12.7 Å². The third kappa shape index (κ3) is 6.56. The Morgan fingerprint density at radius 3 is 2.28 bits per heavy atom. The molecule has 5 unspecified atom stereocenters. The smallest absolute Gasteiger partial charge is 0.390 e. The summed E-state index contributed by atoms with van der Waals surface area (Å²) in [7, 11) is -10.8. The Morgan fingerprint density at radius 2 is 1.67 bits per heavy atom. The fourth-order valence-corrected chi connectivity index (χ4v) is 5.81. The number of H-pyrrole nitrogens is 1. The second-order valence-corrected chi connectivity index (χ2v) is 11.1. The molecule has 206 valence electrons. The number of hydrogen-bond acceptors (Lipinski definition) is 14. The zero-order chi connectivity index (χ0) is 27.0. The first-order chi connectivity index (χ1) is 16.7. The van der Waals surface area contributed by atoms with Gasteiger partial charge in [-0.3, -0.25) is 23.4 Å². The van der Waals surface area contributed by atoms with Crippen molar-refractivity contribution >= 4 is 15.6 Å². The van der Waals surface area contributed by atoms with E-state index in [-0.39, 0.29) is 6.54 Å². The van der Waals surface area contributed by atoms with Crippen molar-refractivity contribution in [1.29, 1.82) is 0 Å². The first-order valence-corrected chi connectivity index (χ1v) is 13.4. The Bertz CT molecular complexity index is 1130. The molecule has 9 N–H and O–H groups in total. The maximum absolute atomic E-state index is 12.3. The van der Waals surface area contributed by atoms with Gasteiger partial charge in [-0.1, -0.05) is 6.92 Å². The van der Waals surface area contributed by atoms with Gasteiger partial charge in [0.25, 0.3) is 5.56 Å². The van der Waals surface area contributed by atoms with Crippen LogP contribution in [0.4, 0.5) is 0 Å². The fourth-order valence-electron chi connectivity index (χ4n) is 3.58. The molecule has 18 nitrogen and oxygen atoms in total. The fraction of sp³-hybridized carbons (Fsp3) is 0.750. The summed E-state index contributed by atoms with van der Waals surface area (Å²) in [6, 6.07) is 0.953. The number of phosphoric acid groups is 2. The molecule has 1 aromatic rings. The molecule has 2 fully saturated rings. The van der Waals surface area contributed by atoms with E-state index in [0.717, 1.165) is 16.8 Å². The molecule has 0 spiro atoms. The predicted molar refractivity (Wildman–Crippen MR) is 114 cm³/mol. The topological polar surface area (TPSA) is 283 Å². The highest BCUT2D eigenvalue weighted by Gasteiger charge is 2.48. The number of aromatic amines is 1. The van der Waals surface area contributed by atoms with E-state index in [1.54, 1.807) is 0 Å². The lowest BCUT2D eigenvalue weighted by atomic mass is 9.92. The number of nitrogens with zero attached hydrogens (tertiary/aromatic N) is 1. The Labute approximate surface area is 202 Å². The normalized spacial score (nSPS) is 38.4. The summed E-state index contributed by atoms with van der Waals surface area (Å²) < 4.78 is 49.3. The zero-order valence-electron chi connectivity index (χ0n) is 18.5. The summed E-state index contributed by atoms with van der Waals surface area (Å²) in [4.78, 5) is 44.8. The van der Waals surface area contributed by atoms with Gasteiger partial charge in [0, 0.05) is 24.7 Å². The van der Waals surface area contributed by atoms with Gasteiger partial charge in [-0.25, -0.2) is 13.9 Å². The van der Waals surface area contributed by atoms with Crippen LogP contribution in [0.5, 0.6) is 0 Å². The van der Waals surface area contributed by atoms with E-state index in [0.29, 0.717) is 0 Å². The molecular formula is C16H27N3O15P2. The molecule has 36 heavy (non-hydrogen) atoms. The first kappa shape index (κ1) is 29.2. The summed E-state index contributed by atoms with van der Waals surface area (Å²) in [6.45, 7) is 0.0520. The van der Waals surface area contributed by atoms with E-state index in [2.05, 4.69) is 8.83 Å². The highest BCUT2D eigenvalue weighted by atomic mass is 31.3. The molecule has 2 saturated heterocycles. The van der Waals surface area contributed by atoms with Gasteiger partial charge in [-0.05, 0) is 0 Å². The average Bonchev–Trinajstić information content (AvgIpc) is 3.06. The van der Waals surface area contributed by atoms with E-state index >= 15 is 0 Å². The molecule has 0 radical (unpaired) electrons. The summed E-state index contributed by atoms with van der Waals surface area (Å²) in [5.41, 5.74) is 3.71. The van der Waals surface area contributed by atoms with Crippen molar-refractivity contribution < 1.29 is 62.2 Å². The number of nitrogens with two attached hydrogens (primary N) is 1. The molecular weight excluding hydrogens is 536 g/mol. The Hall–Kier alpha value is -1.34. The summed E-state index contributed by atoms with van der Waals surface area (Å²) >= 11 is 0. The van der Waals surface area contributed by atoms with Crippen LogP contribution in [0.3, 0.4) is 0 Å². The van der Waals surface area contributed by atoms with Crippen LogP contribution in [0.15, 0.2) is 21.9 Å². The molecule has 20 heteroatoms. The molecule has 11 atom stereocenters. The van der Waals surface area contributed by atoms with E-state index in [9.17, 15) is 48.9 Å². The monoisotopic (exact) mass is 563 g/mol. The van der Waals surface area contributed by atoms with Crippen molar-refractivity contribution in [3.8, 4) is 0 Å². The maximum Gasteiger partial charge on any atom is 0.483 e. The largest absolute Gasteiger partial charge is 0.483 e. The lowest BCUT2D eigenvalue weighted by molar-refractivity contribution is -0.250. The molecule has 2 aliphatic rings. The van der Waals surface area contributed by atoms with Crippen molar-refractivity contribution in [3.63, 3.8) is 0 Å². The van der Waals surface area contributed by atoms with Crippen LogP contribution < -0.4 is 17.0 Å². The lowest BCUT2D eigenvalue weighted by Gasteiger charge is -2.40. The van der Waals surface area contributed by atoms with Crippen molar-refractivity contribution in [2.75, 3.05) is 13.2 Å². The van der Waals surface area contributed by atoms with Crippen LogP contribution in [0.1, 0.15) is 13.2 Å². The minimum absolute atomic E-state index is 0.287. The highest BCUT2D eigenvalue weighted by molar-refractivity contribution is 7.61. The van der Waals surface area contributed by atoms with E-state index < -0.39 is 88.6 Å². The number of nitrogens with one attached hydrogen (secondary N) is 1. The minimum atomic E-state index is -5.39. The van der Waals surface area contributed by atoms with Crippen molar-refractivity contribution in [1.82, 2.24) is 9.55 Å². The van der Waals surface area contributed by atoms with Gasteiger partial charge in [0.15, 0.2) is 12.5 Å². The highest BCUT2D eigenvalue weighted by Crippen LogP contribution is 2.61. The van der Waals surface area contributed by atoms with E-state index in [1.165, 1.54) is 6.92 Å². The van der Waals surface area contributed by atoms with Crippen molar-refractivity contribution in [2.24, 2.45) is 11.7 Å². The Morgan fingerprint density at radius 1 is 1.03 bits per heavy atom. The number of aliphatic hydroxyl groups is 4. The molecule has 3 rings (SSSR count). The standard InChI is InChI=1S/C16H27N3O15P2/c1-6-10(21)11(22)7(4-17)32-15(6)33-36(28,29)34-35(26,27)30-5-8-12(23)13(24)14(31-8)19-3-2-9(20)18-16(19)25/h2-3,6-8,10-15,21-24H,4-5,17H2,1H3,(H,26,27)(H,28,29)(H,18,20,25)/t6?,7?,8-,10-,11+,12+,13?,14-,15+/m1/s1. The SMILES string of the molecule is CC1[C@H](OP(=O)(O)OP(=O)(O)OC[C@H]2O[C@@H](n3ccc(=O)[nH]c3=O)C(O)[C@H]2O)OC(CN)[C@H](O)[C@@H]1O. The summed E-state index contributed by atoms with van der Waals surface area (Å²) in [5, 5.41) is 40.2. The Balaban J connectivity index is 1.61. The number of aliphatic hydroxyl groups excluding tert-OH is 4. The van der Waals surface area contributed by atoms with Gasteiger partial charge in [0.1, 0.15) is 30.5 Å². The molecule has 3 heterocycles. The number of aromatic nitrogens is 2. The number of rotatable bonds is 9. The van der Waals surface area contributed by atoms with Crippen LogP contribution in [0.2, 0.25) is 0 Å². The Kier molecular flexibility index (Phi) is 9.08. The zero-order valence-corrected chi connectivity index (χ0v) is 20.3. The van der Waals surface area contributed by atoms with Crippen molar-refractivity contribution in [2.45, 2.75) is 56.1 Å². The van der Waals surface area contributed by atoms with Crippen LogP contribution in [0, 0.1) is 5.92 Å². The van der Waals surface area contributed by atoms with E-state index in [4.69, 9.17) is 19.7 Å². The molecule has 0 saturated carbocycles. The van der Waals surface area contributed by atoms with E-state index in [1.807, 2.05) is 4.98 Å². The molecule has 2 aliphatic heterocycles. The van der Waals surface area contributed by atoms with Crippen LogP contribution >= 0.6 is 15.6 Å². The quantitative estimate of drug-likeness (QED) is 0.135. The molecule has 0 bridgehead atoms. The molecule has 0 aromatic carbocycles. The van der Waals surface area contributed by atoms with Gasteiger partial charge in [0.2, 0.25) is 0 Å². The number of ether oxygens (including phenoxy) is 2. The van der Waals surface area contributed by atoms with Gasteiger partial charge >= 0.3 is 21.3 Å². The second-order valence-electron chi connectivity index (χ2n) is 8.10. The minimum Gasteiger partial charge on any atom is -0.390 e. The summed E-state index contributed by atoms with van der Waals surface area (Å²) in [5.74, 6) is -1.08. The van der Waals surface area contributed by atoms with Gasteiger partial charge < -0.3 is 45.4 Å². The molecule has 0 amide bonds. The van der Waals surface area contributed by atoms with Gasteiger partial charge in [-0.2, -0.15) is 4.31 Å². The average molecular weight is 563 g/mol. The molecule has 1 aromatic heterocycles.